The van der Waals surface area contributed by atoms with Gasteiger partial charge in [-0.1, -0.05) is 17.7 Å². The van der Waals surface area contributed by atoms with Crippen LogP contribution in [0.5, 0.6) is 0 Å². The Hall–Kier alpha value is -1.33. The highest BCUT2D eigenvalue weighted by Crippen LogP contribution is 2.13. The number of hydrogen-bond acceptors (Lipinski definition) is 3. The van der Waals surface area contributed by atoms with Gasteiger partial charge in [0.05, 0.1) is 6.54 Å². The molecule has 23 heavy (non-hydrogen) atoms. The van der Waals surface area contributed by atoms with Gasteiger partial charge < -0.3 is 15.5 Å². The van der Waals surface area contributed by atoms with Gasteiger partial charge in [-0.3, -0.25) is 0 Å². The highest BCUT2D eigenvalue weighted by Gasteiger charge is 2.21. The Morgan fingerprint density at radius 2 is 2.13 bits per heavy atom. The molecule has 0 spiro atoms. The molecule has 0 aromatic carbocycles. The van der Waals surface area contributed by atoms with Crippen LogP contribution < -0.4 is 10.6 Å². The molecule has 0 amide bonds. The second-order valence-electron chi connectivity index (χ2n) is 6.23. The van der Waals surface area contributed by atoms with E-state index >= 15 is 0 Å². The molecule has 6 heteroatoms. The molecule has 2 rings (SSSR count). The molecule has 1 aromatic rings. The number of rotatable bonds is 5. The van der Waals surface area contributed by atoms with Gasteiger partial charge in [0.15, 0.2) is 5.96 Å². The Bertz CT molecular complexity index is 492. The summed E-state index contributed by atoms with van der Waals surface area (Å²) in [6, 6.07) is 4.89. The van der Waals surface area contributed by atoms with E-state index < -0.39 is 0 Å². The van der Waals surface area contributed by atoms with Crippen molar-refractivity contribution < 1.29 is 0 Å². The zero-order valence-electron chi connectivity index (χ0n) is 14.3. The summed E-state index contributed by atoms with van der Waals surface area (Å²) in [4.78, 5) is 11.3. The molecule has 1 aromatic heterocycles. The normalized spacial score (nSPS) is 17.5. The number of guanidine groups is 1. The maximum Gasteiger partial charge on any atom is 0.191 e. The number of piperidine rings is 1. The highest BCUT2D eigenvalue weighted by atomic mass is 35.5. The molecule has 2 N–H and O–H groups in total. The first kappa shape index (κ1) is 18.0. The number of aliphatic imine (C=N–C) groups is 1. The Kier molecular flexibility index (Phi) is 7.12. The first-order chi connectivity index (χ1) is 11.1. The summed E-state index contributed by atoms with van der Waals surface area (Å²) in [6.45, 7) is 10.4. The number of nitrogens with zero attached hydrogens (tertiary/aromatic N) is 3. The second-order valence-corrected chi connectivity index (χ2v) is 6.62. The standard InChI is InChI=1S/C17H28ClN5/c1-4-19-17(21-12-14-5-6-16(18)20-11-14)22-15-7-9-23(10-8-15)13(2)3/h5-6,11,13,15H,4,7-10,12H2,1-3H3,(H2,19,21,22). The molecule has 1 aliphatic heterocycles. The van der Waals surface area contributed by atoms with Crippen molar-refractivity contribution in [3.63, 3.8) is 0 Å². The molecule has 2 heterocycles. The molecule has 0 radical (unpaired) electrons. The fraction of sp³-hybridized carbons (Fsp3) is 0.647. The Labute approximate surface area is 144 Å². The summed E-state index contributed by atoms with van der Waals surface area (Å²) >= 11 is 5.81. The van der Waals surface area contributed by atoms with Gasteiger partial charge in [0.1, 0.15) is 5.15 Å². The van der Waals surface area contributed by atoms with E-state index in [0.717, 1.165) is 44.0 Å². The average molecular weight is 338 g/mol. The molecule has 5 nitrogen and oxygen atoms in total. The average Bonchev–Trinajstić information content (AvgIpc) is 2.55. The zero-order valence-corrected chi connectivity index (χ0v) is 15.1. The Balaban J connectivity index is 1.88. The van der Waals surface area contributed by atoms with E-state index in [1.165, 1.54) is 0 Å². The van der Waals surface area contributed by atoms with E-state index in [9.17, 15) is 0 Å². The lowest BCUT2D eigenvalue weighted by molar-refractivity contribution is 0.167. The van der Waals surface area contributed by atoms with Crippen molar-refractivity contribution in [1.29, 1.82) is 0 Å². The van der Waals surface area contributed by atoms with E-state index in [-0.39, 0.29) is 0 Å². The van der Waals surface area contributed by atoms with Gasteiger partial charge in [-0.25, -0.2) is 9.98 Å². The molecule has 0 unspecified atom stereocenters. The smallest absolute Gasteiger partial charge is 0.191 e. The van der Waals surface area contributed by atoms with E-state index in [0.29, 0.717) is 23.8 Å². The van der Waals surface area contributed by atoms with Crippen molar-refractivity contribution in [1.82, 2.24) is 20.5 Å². The summed E-state index contributed by atoms with van der Waals surface area (Å²) in [5, 5.41) is 7.40. The number of hydrogen-bond donors (Lipinski definition) is 2. The number of aromatic nitrogens is 1. The second kappa shape index (κ2) is 9.08. The fourth-order valence-electron chi connectivity index (χ4n) is 2.74. The number of pyridine rings is 1. The monoisotopic (exact) mass is 337 g/mol. The highest BCUT2D eigenvalue weighted by molar-refractivity contribution is 6.29. The first-order valence-electron chi connectivity index (χ1n) is 8.47. The zero-order chi connectivity index (χ0) is 16.7. The van der Waals surface area contributed by atoms with Gasteiger partial charge in [-0.2, -0.15) is 0 Å². The lowest BCUT2D eigenvalue weighted by atomic mass is 10.0. The first-order valence-corrected chi connectivity index (χ1v) is 8.85. The number of likely N-dealkylation sites (tertiary alicyclic amines) is 1. The van der Waals surface area contributed by atoms with Gasteiger partial charge in [-0.05, 0) is 45.2 Å². The minimum atomic E-state index is 0.492. The summed E-state index contributed by atoms with van der Waals surface area (Å²) in [6.07, 6.45) is 4.09. The van der Waals surface area contributed by atoms with Crippen LogP contribution in [0.25, 0.3) is 0 Å². The fourth-order valence-corrected chi connectivity index (χ4v) is 2.86. The van der Waals surface area contributed by atoms with Crippen molar-refractivity contribution in [2.45, 2.75) is 52.2 Å². The van der Waals surface area contributed by atoms with Crippen LogP contribution >= 0.6 is 11.6 Å². The summed E-state index contributed by atoms with van der Waals surface area (Å²) < 4.78 is 0. The molecule has 0 bridgehead atoms. The van der Waals surface area contributed by atoms with Crippen LogP contribution in [0, 0.1) is 0 Å². The van der Waals surface area contributed by atoms with Crippen molar-refractivity contribution >= 4 is 17.6 Å². The van der Waals surface area contributed by atoms with Crippen LogP contribution in [0.3, 0.4) is 0 Å². The lowest BCUT2D eigenvalue weighted by Crippen LogP contribution is -2.49. The van der Waals surface area contributed by atoms with Gasteiger partial charge in [0.25, 0.3) is 0 Å². The molecular formula is C17H28ClN5. The van der Waals surface area contributed by atoms with Crippen LogP contribution in [0.1, 0.15) is 39.2 Å². The van der Waals surface area contributed by atoms with Crippen molar-refractivity contribution in [3.05, 3.63) is 29.0 Å². The number of nitrogens with one attached hydrogen (secondary N) is 2. The summed E-state index contributed by atoms with van der Waals surface area (Å²) in [5.74, 6) is 0.880. The molecule has 1 aliphatic rings. The minimum Gasteiger partial charge on any atom is -0.357 e. The predicted molar refractivity (Wildman–Crippen MR) is 96.9 cm³/mol. The van der Waals surface area contributed by atoms with Crippen LogP contribution in [0.2, 0.25) is 5.15 Å². The van der Waals surface area contributed by atoms with E-state index in [4.69, 9.17) is 11.6 Å². The predicted octanol–water partition coefficient (Wildman–Crippen LogP) is 2.66. The van der Waals surface area contributed by atoms with Gasteiger partial charge in [-0.15, -0.1) is 0 Å². The van der Waals surface area contributed by atoms with Crippen molar-refractivity contribution in [2.75, 3.05) is 19.6 Å². The third-order valence-electron chi connectivity index (χ3n) is 4.15. The third kappa shape index (κ3) is 5.99. The Morgan fingerprint density at radius 3 is 2.70 bits per heavy atom. The molecule has 128 valence electrons. The minimum absolute atomic E-state index is 0.492. The van der Waals surface area contributed by atoms with Gasteiger partial charge >= 0.3 is 0 Å². The van der Waals surface area contributed by atoms with Crippen LogP contribution in [0.4, 0.5) is 0 Å². The number of halogens is 1. The summed E-state index contributed by atoms with van der Waals surface area (Å²) in [5.41, 5.74) is 1.06. The van der Waals surface area contributed by atoms with Crippen LogP contribution in [-0.2, 0) is 6.54 Å². The van der Waals surface area contributed by atoms with Gasteiger partial charge in [0.2, 0.25) is 0 Å². The maximum atomic E-state index is 5.81. The molecule has 0 aliphatic carbocycles. The van der Waals surface area contributed by atoms with E-state index in [1.807, 2.05) is 6.07 Å². The quantitative estimate of drug-likeness (QED) is 0.493. The third-order valence-corrected chi connectivity index (χ3v) is 4.38. The van der Waals surface area contributed by atoms with E-state index in [2.05, 4.69) is 46.3 Å². The van der Waals surface area contributed by atoms with Crippen LogP contribution in [-0.4, -0.2) is 47.6 Å². The molecule has 0 atom stereocenters. The Morgan fingerprint density at radius 1 is 1.39 bits per heavy atom. The van der Waals surface area contributed by atoms with E-state index in [1.54, 1.807) is 12.3 Å². The molecular weight excluding hydrogens is 310 g/mol. The SMILES string of the molecule is CCNC(=NCc1ccc(Cl)nc1)NC1CCN(C(C)C)CC1. The van der Waals surface area contributed by atoms with Gasteiger partial charge in [0, 0.05) is 37.9 Å². The van der Waals surface area contributed by atoms with Crippen molar-refractivity contribution in [3.8, 4) is 0 Å². The molecule has 1 saturated heterocycles. The maximum absolute atomic E-state index is 5.81. The summed E-state index contributed by atoms with van der Waals surface area (Å²) in [7, 11) is 0. The molecule has 1 fully saturated rings. The largest absolute Gasteiger partial charge is 0.357 e. The molecule has 0 saturated carbocycles. The van der Waals surface area contributed by atoms with Crippen molar-refractivity contribution in [2.24, 2.45) is 4.99 Å². The topological polar surface area (TPSA) is 52.6 Å². The van der Waals surface area contributed by atoms with Crippen LogP contribution in [0.15, 0.2) is 23.3 Å². The lowest BCUT2D eigenvalue weighted by Gasteiger charge is -2.35.